The number of para-hydroxylation sites is 1. The smallest absolute Gasteiger partial charge is 0.227 e. The fraction of sp³-hybridized carbons (Fsp3) is 0.286. The first-order chi connectivity index (χ1) is 13.6. The van der Waals surface area contributed by atoms with Crippen molar-refractivity contribution < 1.29 is 9.18 Å². The van der Waals surface area contributed by atoms with Crippen LogP contribution < -0.4 is 5.73 Å². The molecule has 0 atom stereocenters. The second-order valence-electron chi connectivity index (χ2n) is 6.97. The number of fused-ring (bicyclic) bond motifs is 1. The molecule has 4 rings (SSSR count). The van der Waals surface area contributed by atoms with Crippen LogP contribution in [0.5, 0.6) is 0 Å². The number of nitrogen functional groups attached to an aromatic ring is 1. The number of nitrogens with zero attached hydrogens (tertiary/aromatic N) is 4. The van der Waals surface area contributed by atoms with Gasteiger partial charge < -0.3 is 10.6 Å². The van der Waals surface area contributed by atoms with Gasteiger partial charge in [-0.25, -0.2) is 14.4 Å². The minimum absolute atomic E-state index is 0.0454. The van der Waals surface area contributed by atoms with Crippen LogP contribution in [0, 0.1) is 5.82 Å². The molecule has 2 N–H and O–H groups in total. The summed E-state index contributed by atoms with van der Waals surface area (Å²) in [6.07, 6.45) is 0.0942. The van der Waals surface area contributed by atoms with Crippen LogP contribution in [-0.2, 0) is 17.8 Å². The van der Waals surface area contributed by atoms with Crippen LogP contribution in [0.15, 0.2) is 48.5 Å². The molecule has 28 heavy (non-hydrogen) atoms. The number of rotatable bonds is 4. The van der Waals surface area contributed by atoms with Crippen LogP contribution in [0.1, 0.15) is 11.4 Å². The van der Waals surface area contributed by atoms with Crippen molar-refractivity contribution in [1.82, 2.24) is 19.8 Å². The van der Waals surface area contributed by atoms with Crippen molar-refractivity contribution in [3.8, 4) is 0 Å². The van der Waals surface area contributed by atoms with E-state index in [2.05, 4.69) is 14.9 Å². The molecule has 0 spiro atoms. The Hall–Kier alpha value is -3.06. The molecular formula is C21H22FN5O. The van der Waals surface area contributed by atoms with Gasteiger partial charge in [-0.15, -0.1) is 0 Å². The Labute approximate surface area is 162 Å². The summed E-state index contributed by atoms with van der Waals surface area (Å²) in [7, 11) is 0. The Morgan fingerprint density at radius 1 is 1.00 bits per heavy atom. The molecule has 1 aliphatic heterocycles. The van der Waals surface area contributed by atoms with Gasteiger partial charge in [0, 0.05) is 31.6 Å². The molecule has 1 amide bonds. The summed E-state index contributed by atoms with van der Waals surface area (Å²) in [5.41, 5.74) is 7.33. The van der Waals surface area contributed by atoms with E-state index in [4.69, 9.17) is 5.73 Å². The number of amides is 1. The SMILES string of the molecule is Nc1nc(CN2CCN(C(=O)Cc3ccccc3F)CC2)nc2ccccc12. The molecular weight excluding hydrogens is 357 g/mol. The van der Waals surface area contributed by atoms with Crippen molar-refractivity contribution in [2.75, 3.05) is 31.9 Å². The third kappa shape index (κ3) is 3.94. The van der Waals surface area contributed by atoms with E-state index in [0.717, 1.165) is 24.0 Å². The summed E-state index contributed by atoms with van der Waals surface area (Å²) in [5, 5.41) is 0.856. The van der Waals surface area contributed by atoms with E-state index in [0.29, 0.717) is 36.8 Å². The minimum atomic E-state index is -0.333. The van der Waals surface area contributed by atoms with Gasteiger partial charge >= 0.3 is 0 Å². The Morgan fingerprint density at radius 2 is 1.71 bits per heavy atom. The number of carbonyl (C=O) groups excluding carboxylic acids is 1. The number of hydrogen-bond acceptors (Lipinski definition) is 5. The first-order valence-corrected chi connectivity index (χ1v) is 9.35. The Bertz CT molecular complexity index is 1000. The molecule has 0 radical (unpaired) electrons. The lowest BCUT2D eigenvalue weighted by molar-refractivity contribution is -0.132. The average Bonchev–Trinajstić information content (AvgIpc) is 2.70. The van der Waals surface area contributed by atoms with E-state index < -0.39 is 0 Å². The maximum Gasteiger partial charge on any atom is 0.227 e. The highest BCUT2D eigenvalue weighted by atomic mass is 19.1. The lowest BCUT2D eigenvalue weighted by atomic mass is 10.1. The summed E-state index contributed by atoms with van der Waals surface area (Å²) in [6, 6.07) is 14.1. The maximum atomic E-state index is 13.8. The van der Waals surface area contributed by atoms with Crippen LogP contribution in [0.3, 0.4) is 0 Å². The van der Waals surface area contributed by atoms with Gasteiger partial charge in [0.15, 0.2) is 0 Å². The molecule has 2 heterocycles. The molecule has 144 valence electrons. The van der Waals surface area contributed by atoms with E-state index in [1.807, 2.05) is 24.3 Å². The summed E-state index contributed by atoms with van der Waals surface area (Å²) < 4.78 is 13.8. The molecule has 0 unspecified atom stereocenters. The van der Waals surface area contributed by atoms with Gasteiger partial charge in [-0.05, 0) is 23.8 Å². The minimum Gasteiger partial charge on any atom is -0.383 e. The van der Waals surface area contributed by atoms with Crippen molar-refractivity contribution >= 4 is 22.6 Å². The first kappa shape index (κ1) is 18.3. The maximum absolute atomic E-state index is 13.8. The fourth-order valence-corrected chi connectivity index (χ4v) is 3.49. The highest BCUT2D eigenvalue weighted by Crippen LogP contribution is 2.18. The summed E-state index contributed by atoms with van der Waals surface area (Å²) >= 11 is 0. The number of hydrogen-bond donors (Lipinski definition) is 1. The van der Waals surface area contributed by atoms with Gasteiger partial charge in [-0.1, -0.05) is 30.3 Å². The zero-order valence-corrected chi connectivity index (χ0v) is 15.5. The highest BCUT2D eigenvalue weighted by molar-refractivity contribution is 5.87. The predicted molar refractivity (Wildman–Crippen MR) is 106 cm³/mol. The summed E-state index contributed by atoms with van der Waals surface area (Å²) in [4.78, 5) is 25.5. The standard InChI is InChI=1S/C21H22FN5O/c22-17-7-3-1-5-15(17)13-20(28)27-11-9-26(10-12-27)14-19-24-18-8-4-2-6-16(18)21(23)25-19/h1-8H,9-14H2,(H2,23,24,25). The number of carbonyl (C=O) groups is 1. The molecule has 1 aliphatic rings. The average molecular weight is 379 g/mol. The number of anilines is 1. The number of piperazine rings is 1. The molecule has 0 bridgehead atoms. The van der Waals surface area contributed by atoms with E-state index in [-0.39, 0.29) is 18.1 Å². The van der Waals surface area contributed by atoms with Crippen molar-refractivity contribution in [3.05, 3.63) is 65.7 Å². The van der Waals surface area contributed by atoms with E-state index in [1.165, 1.54) is 6.07 Å². The third-order valence-corrected chi connectivity index (χ3v) is 5.07. The normalized spacial score (nSPS) is 15.1. The van der Waals surface area contributed by atoms with E-state index >= 15 is 0 Å². The first-order valence-electron chi connectivity index (χ1n) is 9.35. The van der Waals surface area contributed by atoms with Gasteiger partial charge in [0.05, 0.1) is 18.5 Å². The van der Waals surface area contributed by atoms with Crippen molar-refractivity contribution in [2.45, 2.75) is 13.0 Å². The Morgan fingerprint density at radius 3 is 2.50 bits per heavy atom. The quantitative estimate of drug-likeness (QED) is 0.752. The Balaban J connectivity index is 1.35. The molecule has 1 aromatic heterocycles. The van der Waals surface area contributed by atoms with E-state index in [1.54, 1.807) is 23.1 Å². The van der Waals surface area contributed by atoms with Crippen molar-refractivity contribution in [2.24, 2.45) is 0 Å². The van der Waals surface area contributed by atoms with Crippen LogP contribution in [0.4, 0.5) is 10.2 Å². The van der Waals surface area contributed by atoms with Crippen LogP contribution in [-0.4, -0.2) is 51.9 Å². The zero-order chi connectivity index (χ0) is 19.5. The zero-order valence-electron chi connectivity index (χ0n) is 15.5. The number of halogens is 1. The van der Waals surface area contributed by atoms with Crippen molar-refractivity contribution in [3.63, 3.8) is 0 Å². The molecule has 2 aromatic carbocycles. The fourth-order valence-electron chi connectivity index (χ4n) is 3.49. The monoisotopic (exact) mass is 379 g/mol. The van der Waals surface area contributed by atoms with Crippen LogP contribution in [0.2, 0.25) is 0 Å². The molecule has 3 aromatic rings. The Kier molecular flexibility index (Phi) is 5.16. The second kappa shape index (κ2) is 7.90. The summed E-state index contributed by atoms with van der Waals surface area (Å²) in [6.45, 7) is 3.25. The van der Waals surface area contributed by atoms with Crippen LogP contribution >= 0.6 is 0 Å². The third-order valence-electron chi connectivity index (χ3n) is 5.07. The van der Waals surface area contributed by atoms with Gasteiger partial charge in [0.25, 0.3) is 0 Å². The molecule has 1 saturated heterocycles. The van der Waals surface area contributed by atoms with Gasteiger partial charge in [-0.3, -0.25) is 9.69 Å². The van der Waals surface area contributed by atoms with Gasteiger partial charge in [0.1, 0.15) is 17.5 Å². The highest BCUT2D eigenvalue weighted by Gasteiger charge is 2.22. The predicted octanol–water partition coefficient (Wildman–Crippen LogP) is 2.24. The number of aromatic nitrogens is 2. The van der Waals surface area contributed by atoms with Gasteiger partial charge in [-0.2, -0.15) is 0 Å². The van der Waals surface area contributed by atoms with Crippen molar-refractivity contribution in [1.29, 1.82) is 0 Å². The van der Waals surface area contributed by atoms with Crippen LogP contribution in [0.25, 0.3) is 10.9 Å². The molecule has 7 heteroatoms. The molecule has 6 nitrogen and oxygen atoms in total. The topological polar surface area (TPSA) is 75.3 Å². The van der Waals surface area contributed by atoms with Gasteiger partial charge in [0.2, 0.25) is 5.91 Å². The summed E-state index contributed by atoms with van der Waals surface area (Å²) in [5.74, 6) is 0.790. The lowest BCUT2D eigenvalue weighted by Crippen LogP contribution is -2.48. The molecule has 1 fully saturated rings. The second-order valence-corrected chi connectivity index (χ2v) is 6.97. The largest absolute Gasteiger partial charge is 0.383 e. The molecule has 0 aliphatic carbocycles. The molecule has 0 saturated carbocycles. The lowest BCUT2D eigenvalue weighted by Gasteiger charge is -2.34. The number of benzene rings is 2. The van der Waals surface area contributed by atoms with E-state index in [9.17, 15) is 9.18 Å². The number of nitrogens with two attached hydrogens (primary N) is 1.